The van der Waals surface area contributed by atoms with Crippen molar-refractivity contribution in [2.45, 2.75) is 25.8 Å². The summed E-state index contributed by atoms with van der Waals surface area (Å²) in [5, 5.41) is 7.02. The molecular weight excluding hydrogens is 294 g/mol. The van der Waals surface area contributed by atoms with Gasteiger partial charge in [0.1, 0.15) is 5.75 Å². The minimum Gasteiger partial charge on any atom is -0.493 e. The number of thiophene rings is 1. The van der Waals surface area contributed by atoms with E-state index in [1.165, 1.54) is 11.1 Å². The van der Waals surface area contributed by atoms with Crippen LogP contribution in [0, 0.1) is 0 Å². The third kappa shape index (κ3) is 3.77. The number of carbonyl (C=O) groups is 1. The van der Waals surface area contributed by atoms with Crippen molar-refractivity contribution in [3.8, 4) is 5.75 Å². The molecule has 2 aromatic rings. The Kier molecular flexibility index (Phi) is 4.59. The molecule has 22 heavy (non-hydrogen) atoms. The first-order chi connectivity index (χ1) is 10.7. The van der Waals surface area contributed by atoms with E-state index in [1.54, 1.807) is 17.4 Å². The lowest BCUT2D eigenvalue weighted by Gasteiger charge is -2.13. The number of hydrogen-bond acceptors (Lipinski definition) is 3. The summed E-state index contributed by atoms with van der Waals surface area (Å²) in [5.74, 6) is 0.947. The number of rotatable bonds is 5. The van der Waals surface area contributed by atoms with Gasteiger partial charge in [-0.1, -0.05) is 12.1 Å². The third-order valence-electron chi connectivity index (χ3n) is 3.65. The van der Waals surface area contributed by atoms with Gasteiger partial charge in [-0.15, -0.1) is 0 Å². The number of fused-ring (bicyclic) bond motifs is 1. The average Bonchev–Trinajstić information content (AvgIpc) is 3.15. The van der Waals surface area contributed by atoms with Crippen LogP contribution in [0.4, 0.5) is 0 Å². The van der Waals surface area contributed by atoms with Crippen LogP contribution in [0.25, 0.3) is 6.08 Å². The van der Waals surface area contributed by atoms with Crippen LogP contribution in [0.15, 0.2) is 41.1 Å². The molecule has 1 N–H and O–H groups in total. The van der Waals surface area contributed by atoms with Crippen LogP contribution < -0.4 is 10.1 Å². The molecule has 0 radical (unpaired) electrons. The van der Waals surface area contributed by atoms with Crippen molar-refractivity contribution >= 4 is 23.3 Å². The normalized spacial score (nSPS) is 14.6. The zero-order chi connectivity index (χ0) is 15.4. The summed E-state index contributed by atoms with van der Waals surface area (Å²) < 4.78 is 5.51. The van der Waals surface area contributed by atoms with Crippen molar-refractivity contribution in [2.24, 2.45) is 0 Å². The number of ether oxygens (including phenoxy) is 1. The Morgan fingerprint density at radius 1 is 1.45 bits per heavy atom. The van der Waals surface area contributed by atoms with Gasteiger partial charge in [-0.2, -0.15) is 11.3 Å². The van der Waals surface area contributed by atoms with Gasteiger partial charge in [-0.25, -0.2) is 0 Å². The second-order valence-electron chi connectivity index (χ2n) is 5.54. The largest absolute Gasteiger partial charge is 0.493 e. The van der Waals surface area contributed by atoms with Crippen molar-refractivity contribution in [1.29, 1.82) is 0 Å². The van der Waals surface area contributed by atoms with Gasteiger partial charge in [0, 0.05) is 18.5 Å². The monoisotopic (exact) mass is 313 g/mol. The van der Waals surface area contributed by atoms with Crippen molar-refractivity contribution in [3.63, 3.8) is 0 Å². The van der Waals surface area contributed by atoms with Gasteiger partial charge in [0.25, 0.3) is 0 Å². The van der Waals surface area contributed by atoms with Crippen LogP contribution in [-0.2, 0) is 17.6 Å². The Bertz CT molecular complexity index is 676. The fourth-order valence-corrected chi connectivity index (χ4v) is 3.23. The van der Waals surface area contributed by atoms with Crippen LogP contribution in [0.2, 0.25) is 0 Å². The minimum absolute atomic E-state index is 0.0526. The second kappa shape index (κ2) is 6.79. The summed E-state index contributed by atoms with van der Waals surface area (Å²) in [6.45, 7) is 2.80. The third-order valence-corrected chi connectivity index (χ3v) is 4.36. The highest BCUT2D eigenvalue weighted by Crippen LogP contribution is 2.26. The number of benzene rings is 1. The summed E-state index contributed by atoms with van der Waals surface area (Å²) in [6, 6.07) is 8.38. The zero-order valence-corrected chi connectivity index (χ0v) is 13.4. The van der Waals surface area contributed by atoms with E-state index >= 15 is 0 Å². The van der Waals surface area contributed by atoms with Gasteiger partial charge in [0.05, 0.1) is 6.61 Å². The second-order valence-corrected chi connectivity index (χ2v) is 6.32. The quantitative estimate of drug-likeness (QED) is 0.859. The molecule has 1 aliphatic rings. The number of amides is 1. The van der Waals surface area contributed by atoms with E-state index in [1.807, 2.05) is 35.9 Å². The predicted octanol–water partition coefficient (Wildman–Crippen LogP) is 3.44. The van der Waals surface area contributed by atoms with E-state index < -0.39 is 0 Å². The molecule has 0 fully saturated rings. The van der Waals surface area contributed by atoms with Crippen LogP contribution in [0.5, 0.6) is 5.75 Å². The SMILES string of the molecule is C[C@H](Cc1ccc2c(c1)CCO2)NC(=O)/C=C/c1ccsc1. The molecule has 3 rings (SSSR count). The molecule has 1 aromatic heterocycles. The molecule has 0 unspecified atom stereocenters. The molecule has 0 bridgehead atoms. The highest BCUT2D eigenvalue weighted by atomic mass is 32.1. The molecule has 4 heteroatoms. The molecule has 2 heterocycles. The van der Waals surface area contributed by atoms with Crippen molar-refractivity contribution in [3.05, 3.63) is 57.8 Å². The first-order valence-electron chi connectivity index (χ1n) is 7.46. The first-order valence-corrected chi connectivity index (χ1v) is 8.40. The Balaban J connectivity index is 1.53. The van der Waals surface area contributed by atoms with Gasteiger partial charge in [0.15, 0.2) is 0 Å². The van der Waals surface area contributed by atoms with Crippen LogP contribution in [0.1, 0.15) is 23.6 Å². The Morgan fingerprint density at radius 3 is 3.18 bits per heavy atom. The summed E-state index contributed by atoms with van der Waals surface area (Å²) in [4.78, 5) is 11.9. The van der Waals surface area contributed by atoms with Crippen molar-refractivity contribution < 1.29 is 9.53 Å². The molecule has 0 aliphatic carbocycles. The standard InChI is InChI=1S/C18H19NO2S/c1-13(19-18(20)5-3-14-7-9-22-12-14)10-15-2-4-17-16(11-15)6-8-21-17/h2-5,7,9,11-13H,6,8,10H2,1H3,(H,19,20)/b5-3+/t13-/m1/s1. The van der Waals surface area contributed by atoms with Gasteiger partial charge >= 0.3 is 0 Å². The Hall–Kier alpha value is -2.07. The molecule has 1 aromatic carbocycles. The predicted molar refractivity (Wildman–Crippen MR) is 90.3 cm³/mol. The van der Waals surface area contributed by atoms with E-state index in [0.29, 0.717) is 0 Å². The molecule has 3 nitrogen and oxygen atoms in total. The number of carbonyl (C=O) groups excluding carboxylic acids is 1. The van der Waals surface area contributed by atoms with Crippen molar-refractivity contribution in [2.75, 3.05) is 6.61 Å². The molecular formula is C18H19NO2S. The molecule has 114 valence electrons. The first kappa shape index (κ1) is 14.9. The van der Waals surface area contributed by atoms with Gasteiger partial charge in [-0.3, -0.25) is 4.79 Å². The molecule has 1 atom stereocenters. The summed E-state index contributed by atoms with van der Waals surface area (Å²) in [6.07, 6.45) is 5.24. The summed E-state index contributed by atoms with van der Waals surface area (Å²) >= 11 is 1.62. The highest BCUT2D eigenvalue weighted by molar-refractivity contribution is 7.08. The lowest BCUT2D eigenvalue weighted by atomic mass is 10.0. The lowest BCUT2D eigenvalue weighted by molar-refractivity contribution is -0.117. The van der Waals surface area contributed by atoms with Crippen LogP contribution in [0.3, 0.4) is 0 Å². The van der Waals surface area contributed by atoms with E-state index in [0.717, 1.165) is 30.8 Å². The van der Waals surface area contributed by atoms with Crippen LogP contribution >= 0.6 is 11.3 Å². The molecule has 0 saturated carbocycles. The maximum Gasteiger partial charge on any atom is 0.244 e. The highest BCUT2D eigenvalue weighted by Gasteiger charge is 2.13. The van der Waals surface area contributed by atoms with Crippen molar-refractivity contribution in [1.82, 2.24) is 5.32 Å². The zero-order valence-electron chi connectivity index (χ0n) is 12.5. The number of nitrogens with one attached hydrogen (secondary N) is 1. The molecule has 0 saturated heterocycles. The fraction of sp³-hybridized carbons (Fsp3) is 0.278. The topological polar surface area (TPSA) is 38.3 Å². The van der Waals surface area contributed by atoms with E-state index in [9.17, 15) is 4.79 Å². The average molecular weight is 313 g/mol. The van der Waals surface area contributed by atoms with Gasteiger partial charge < -0.3 is 10.1 Å². The fourth-order valence-electron chi connectivity index (χ4n) is 2.60. The molecule has 0 spiro atoms. The van der Waals surface area contributed by atoms with Crippen LogP contribution in [-0.4, -0.2) is 18.6 Å². The smallest absolute Gasteiger partial charge is 0.244 e. The Labute approximate surface area is 134 Å². The molecule has 1 aliphatic heterocycles. The minimum atomic E-state index is -0.0526. The number of hydrogen-bond donors (Lipinski definition) is 1. The maximum absolute atomic E-state index is 11.9. The van der Waals surface area contributed by atoms with Gasteiger partial charge in [0.2, 0.25) is 5.91 Å². The summed E-state index contributed by atoms with van der Waals surface area (Å²) in [5.41, 5.74) is 3.57. The van der Waals surface area contributed by atoms with E-state index in [4.69, 9.17) is 4.74 Å². The Morgan fingerprint density at radius 2 is 2.36 bits per heavy atom. The lowest BCUT2D eigenvalue weighted by Crippen LogP contribution is -2.32. The molecule has 1 amide bonds. The van der Waals surface area contributed by atoms with E-state index in [2.05, 4.69) is 17.4 Å². The van der Waals surface area contributed by atoms with Gasteiger partial charge in [-0.05, 0) is 59.0 Å². The summed E-state index contributed by atoms with van der Waals surface area (Å²) in [7, 11) is 0. The van der Waals surface area contributed by atoms with E-state index in [-0.39, 0.29) is 11.9 Å². The maximum atomic E-state index is 11.9.